The minimum Gasteiger partial charge on any atom is -0.393 e. The zero-order valence-corrected chi connectivity index (χ0v) is 12.2. The first kappa shape index (κ1) is 14.5. The first-order valence-corrected chi connectivity index (χ1v) is 6.72. The van der Waals surface area contributed by atoms with Crippen LogP contribution >= 0.6 is 0 Å². The van der Waals surface area contributed by atoms with E-state index in [0.29, 0.717) is 5.92 Å². The van der Waals surface area contributed by atoms with Crippen LogP contribution in [0.2, 0.25) is 0 Å². The molecule has 0 bridgehead atoms. The van der Waals surface area contributed by atoms with E-state index in [-0.39, 0.29) is 16.9 Å². The van der Waals surface area contributed by atoms with Crippen LogP contribution in [0.1, 0.15) is 54.4 Å². The van der Waals surface area contributed by atoms with Gasteiger partial charge in [0.25, 0.3) is 0 Å². The molecule has 1 unspecified atom stereocenters. The summed E-state index contributed by atoms with van der Waals surface area (Å²) in [4.78, 5) is 0. The summed E-state index contributed by atoms with van der Waals surface area (Å²) in [5, 5.41) is 9.73. The van der Waals surface area contributed by atoms with Crippen LogP contribution in [0.3, 0.4) is 0 Å². The fourth-order valence-electron chi connectivity index (χ4n) is 2.24. The summed E-state index contributed by atoms with van der Waals surface area (Å²) < 4.78 is 0. The standard InChI is InChI=1S/C16H28O/c1-12-8-7-9-14(16(12,5)6)10-11-15(3,4)13(2)17/h8,10-11,13-14,17H,7,9H2,1-6H3/t13?,14-/m0/s1. The molecule has 0 aromatic carbocycles. The SMILES string of the molecule is CC1=CCC[C@@H](C=CC(C)(C)C(C)O)C1(C)C. The van der Waals surface area contributed by atoms with Gasteiger partial charge in [0.1, 0.15) is 0 Å². The zero-order chi connectivity index (χ0) is 13.3. The van der Waals surface area contributed by atoms with Crippen molar-refractivity contribution in [2.24, 2.45) is 16.7 Å². The molecule has 0 amide bonds. The van der Waals surface area contributed by atoms with Gasteiger partial charge < -0.3 is 5.11 Å². The molecule has 0 saturated heterocycles. The maximum atomic E-state index is 9.73. The van der Waals surface area contributed by atoms with E-state index >= 15 is 0 Å². The second kappa shape index (κ2) is 4.97. The second-order valence-electron chi connectivity index (χ2n) is 6.65. The predicted molar refractivity (Wildman–Crippen MR) is 74.9 cm³/mol. The summed E-state index contributed by atoms with van der Waals surface area (Å²) in [5.41, 5.74) is 1.61. The lowest BCUT2D eigenvalue weighted by Crippen LogP contribution is -2.28. The number of hydrogen-bond acceptors (Lipinski definition) is 1. The summed E-state index contributed by atoms with van der Waals surface area (Å²) in [6, 6.07) is 0. The Balaban J connectivity index is 2.83. The van der Waals surface area contributed by atoms with Crippen molar-refractivity contribution in [2.45, 2.75) is 60.5 Å². The van der Waals surface area contributed by atoms with Gasteiger partial charge in [-0.05, 0) is 38.0 Å². The Hall–Kier alpha value is -0.560. The van der Waals surface area contributed by atoms with Crippen molar-refractivity contribution in [1.29, 1.82) is 0 Å². The van der Waals surface area contributed by atoms with E-state index in [0.717, 1.165) is 0 Å². The first-order chi connectivity index (χ1) is 7.68. The van der Waals surface area contributed by atoms with E-state index in [4.69, 9.17) is 0 Å². The van der Waals surface area contributed by atoms with E-state index in [1.165, 1.54) is 18.4 Å². The lowest BCUT2D eigenvalue weighted by Gasteiger charge is -2.38. The van der Waals surface area contributed by atoms with E-state index in [2.05, 4.69) is 52.8 Å². The van der Waals surface area contributed by atoms with Gasteiger partial charge in [-0.1, -0.05) is 51.5 Å². The van der Waals surface area contributed by atoms with E-state index < -0.39 is 0 Å². The van der Waals surface area contributed by atoms with Crippen molar-refractivity contribution in [2.75, 3.05) is 0 Å². The maximum absolute atomic E-state index is 9.73. The number of rotatable bonds is 3. The number of aliphatic hydroxyl groups excluding tert-OH is 1. The van der Waals surface area contributed by atoms with Crippen LogP contribution in [-0.4, -0.2) is 11.2 Å². The largest absolute Gasteiger partial charge is 0.393 e. The summed E-state index contributed by atoms with van der Waals surface area (Å²) in [7, 11) is 0. The van der Waals surface area contributed by atoms with Crippen LogP contribution in [0.4, 0.5) is 0 Å². The van der Waals surface area contributed by atoms with E-state index in [1.807, 2.05) is 6.92 Å². The van der Waals surface area contributed by atoms with Gasteiger partial charge in [0, 0.05) is 5.41 Å². The zero-order valence-electron chi connectivity index (χ0n) is 12.2. The Morgan fingerprint density at radius 3 is 2.59 bits per heavy atom. The molecule has 0 spiro atoms. The average Bonchev–Trinajstić information content (AvgIpc) is 2.20. The highest BCUT2D eigenvalue weighted by atomic mass is 16.3. The molecule has 1 aliphatic carbocycles. The molecular weight excluding hydrogens is 208 g/mol. The highest BCUT2D eigenvalue weighted by molar-refractivity contribution is 5.19. The third kappa shape index (κ3) is 3.22. The Morgan fingerprint density at radius 2 is 2.06 bits per heavy atom. The molecule has 0 fully saturated rings. The summed E-state index contributed by atoms with van der Waals surface area (Å²) in [5.74, 6) is 0.588. The summed E-state index contributed by atoms with van der Waals surface area (Å²) in [6.45, 7) is 12.9. The average molecular weight is 236 g/mol. The fraction of sp³-hybridized carbons (Fsp3) is 0.750. The van der Waals surface area contributed by atoms with Crippen LogP contribution in [0.15, 0.2) is 23.8 Å². The molecule has 1 nitrogen and oxygen atoms in total. The van der Waals surface area contributed by atoms with Gasteiger partial charge in [-0.2, -0.15) is 0 Å². The normalized spacial score (nSPS) is 27.0. The maximum Gasteiger partial charge on any atom is 0.0597 e. The Bertz CT molecular complexity index is 318. The van der Waals surface area contributed by atoms with E-state index in [1.54, 1.807) is 0 Å². The minimum absolute atomic E-state index is 0.134. The Kier molecular flexibility index (Phi) is 4.24. The van der Waals surface area contributed by atoms with E-state index in [9.17, 15) is 5.11 Å². The molecule has 0 radical (unpaired) electrons. The summed E-state index contributed by atoms with van der Waals surface area (Å²) >= 11 is 0. The molecule has 0 saturated carbocycles. The van der Waals surface area contributed by atoms with Gasteiger partial charge in [0.2, 0.25) is 0 Å². The molecule has 17 heavy (non-hydrogen) atoms. The molecule has 2 atom stereocenters. The summed E-state index contributed by atoms with van der Waals surface area (Å²) in [6.07, 6.45) is 8.98. The molecule has 98 valence electrons. The van der Waals surface area contributed by atoms with Crippen molar-refractivity contribution in [3.63, 3.8) is 0 Å². The minimum atomic E-state index is -0.304. The molecule has 1 rings (SSSR count). The molecule has 0 aromatic rings. The van der Waals surface area contributed by atoms with Crippen LogP contribution in [-0.2, 0) is 0 Å². The topological polar surface area (TPSA) is 20.2 Å². The van der Waals surface area contributed by atoms with Crippen molar-refractivity contribution in [3.05, 3.63) is 23.8 Å². The molecule has 1 aliphatic rings. The Labute approximate surface area is 107 Å². The van der Waals surface area contributed by atoms with Crippen LogP contribution < -0.4 is 0 Å². The predicted octanol–water partition coefficient (Wildman–Crippen LogP) is 4.33. The smallest absolute Gasteiger partial charge is 0.0597 e. The first-order valence-electron chi connectivity index (χ1n) is 6.72. The molecule has 1 heteroatoms. The second-order valence-corrected chi connectivity index (χ2v) is 6.65. The fourth-order valence-corrected chi connectivity index (χ4v) is 2.24. The van der Waals surface area contributed by atoms with Crippen LogP contribution in [0.5, 0.6) is 0 Å². The number of hydrogen-bond donors (Lipinski definition) is 1. The van der Waals surface area contributed by atoms with Gasteiger partial charge in [-0.15, -0.1) is 0 Å². The molecule has 0 heterocycles. The number of aliphatic hydroxyl groups is 1. The highest BCUT2D eigenvalue weighted by Gasteiger charge is 2.32. The van der Waals surface area contributed by atoms with Gasteiger partial charge in [-0.25, -0.2) is 0 Å². The van der Waals surface area contributed by atoms with Crippen molar-refractivity contribution < 1.29 is 5.11 Å². The van der Waals surface area contributed by atoms with Crippen LogP contribution in [0.25, 0.3) is 0 Å². The van der Waals surface area contributed by atoms with Crippen molar-refractivity contribution in [1.82, 2.24) is 0 Å². The molecule has 1 N–H and O–H groups in total. The van der Waals surface area contributed by atoms with Crippen molar-refractivity contribution >= 4 is 0 Å². The quantitative estimate of drug-likeness (QED) is 0.723. The lowest BCUT2D eigenvalue weighted by molar-refractivity contribution is 0.0987. The van der Waals surface area contributed by atoms with Gasteiger partial charge in [-0.3, -0.25) is 0 Å². The highest BCUT2D eigenvalue weighted by Crippen LogP contribution is 2.42. The van der Waals surface area contributed by atoms with Gasteiger partial charge in [0.05, 0.1) is 6.10 Å². The molecular formula is C16H28O. The third-order valence-electron chi connectivity index (χ3n) is 4.71. The van der Waals surface area contributed by atoms with Gasteiger partial charge >= 0.3 is 0 Å². The Morgan fingerprint density at radius 1 is 1.47 bits per heavy atom. The number of allylic oxidation sites excluding steroid dienone is 3. The van der Waals surface area contributed by atoms with Crippen molar-refractivity contribution in [3.8, 4) is 0 Å². The monoisotopic (exact) mass is 236 g/mol. The lowest BCUT2D eigenvalue weighted by atomic mass is 9.67. The van der Waals surface area contributed by atoms with Gasteiger partial charge in [0.15, 0.2) is 0 Å². The molecule has 0 aliphatic heterocycles. The third-order valence-corrected chi connectivity index (χ3v) is 4.71. The molecule has 0 aromatic heterocycles. The van der Waals surface area contributed by atoms with Crippen LogP contribution in [0, 0.1) is 16.7 Å².